The van der Waals surface area contributed by atoms with Crippen LogP contribution < -0.4 is 10.9 Å². The van der Waals surface area contributed by atoms with Crippen molar-refractivity contribution in [1.29, 1.82) is 0 Å². The van der Waals surface area contributed by atoms with Gasteiger partial charge in [0.1, 0.15) is 12.1 Å². The van der Waals surface area contributed by atoms with E-state index in [2.05, 4.69) is 15.6 Å². The minimum atomic E-state index is -3.60. The van der Waals surface area contributed by atoms with E-state index < -0.39 is 21.5 Å². The molecule has 1 amide bonds. The zero-order chi connectivity index (χ0) is 22.7. The first kappa shape index (κ1) is 22.1. The second-order valence-corrected chi connectivity index (χ2v) is 9.95. The first-order chi connectivity index (χ1) is 15.4. The summed E-state index contributed by atoms with van der Waals surface area (Å²) in [5.74, 6) is -0.466. The predicted molar refractivity (Wildman–Crippen MR) is 121 cm³/mol. The molecule has 1 aliphatic carbocycles. The van der Waals surface area contributed by atoms with Crippen LogP contribution in [0.2, 0.25) is 0 Å². The molecule has 1 aromatic heterocycles. The molecule has 1 heterocycles. The Morgan fingerprint density at radius 2 is 1.78 bits per heavy atom. The third-order valence-corrected chi connectivity index (χ3v) is 7.75. The van der Waals surface area contributed by atoms with Crippen LogP contribution in [0.15, 0.2) is 58.2 Å². The Morgan fingerprint density at radius 3 is 2.50 bits per heavy atom. The summed E-state index contributed by atoms with van der Waals surface area (Å²) in [4.78, 5) is 25.1. The number of nitrogens with one attached hydrogen (secondary N) is 1. The summed E-state index contributed by atoms with van der Waals surface area (Å²) in [5.41, 5.74) is 0.484. The molecule has 0 saturated heterocycles. The molecule has 1 fully saturated rings. The van der Waals surface area contributed by atoms with Gasteiger partial charge in [-0.05, 0) is 49.2 Å². The molecule has 1 saturated carbocycles. The average Bonchev–Trinajstić information content (AvgIpc) is 2.81. The number of anilines is 1. The lowest BCUT2D eigenvalue weighted by atomic mass is 9.96. The minimum absolute atomic E-state index is 0.0227. The van der Waals surface area contributed by atoms with Gasteiger partial charge in [-0.1, -0.05) is 36.6 Å². The summed E-state index contributed by atoms with van der Waals surface area (Å²) in [6.45, 7) is -0.304. The molecule has 168 valence electrons. The summed E-state index contributed by atoms with van der Waals surface area (Å²) in [5, 5.41) is 10.8. The van der Waals surface area contributed by atoms with Crippen molar-refractivity contribution < 1.29 is 13.2 Å². The lowest BCUT2D eigenvalue weighted by molar-refractivity contribution is -0.117. The van der Waals surface area contributed by atoms with E-state index in [0.29, 0.717) is 16.6 Å². The van der Waals surface area contributed by atoms with Crippen molar-refractivity contribution in [1.82, 2.24) is 19.3 Å². The number of hydrogen-bond acceptors (Lipinski definition) is 6. The molecule has 3 aromatic rings. The van der Waals surface area contributed by atoms with Crippen molar-refractivity contribution in [2.45, 2.75) is 49.6 Å². The van der Waals surface area contributed by atoms with Gasteiger partial charge in [0.25, 0.3) is 5.56 Å². The number of carbonyl (C=O) groups excluding carboxylic acids is 1. The second-order valence-electron chi connectivity index (χ2n) is 7.96. The van der Waals surface area contributed by atoms with Gasteiger partial charge in [-0.2, -0.15) is 4.31 Å². The first-order valence-electron chi connectivity index (χ1n) is 10.6. The van der Waals surface area contributed by atoms with Crippen LogP contribution in [0.4, 0.5) is 5.69 Å². The summed E-state index contributed by atoms with van der Waals surface area (Å²) in [7, 11) is -1.97. The van der Waals surface area contributed by atoms with Crippen LogP contribution in [0.25, 0.3) is 10.9 Å². The molecule has 0 spiro atoms. The molecule has 9 nitrogen and oxygen atoms in total. The molecule has 1 aliphatic rings. The highest BCUT2D eigenvalue weighted by molar-refractivity contribution is 7.89. The number of aromatic nitrogens is 3. The van der Waals surface area contributed by atoms with Crippen molar-refractivity contribution in [3.05, 3.63) is 58.9 Å². The van der Waals surface area contributed by atoms with Gasteiger partial charge in [-0.15, -0.1) is 5.10 Å². The Hall–Kier alpha value is -3.11. The number of hydrogen-bond donors (Lipinski definition) is 1. The second kappa shape index (κ2) is 9.17. The number of carbonyl (C=O) groups is 1. The molecule has 0 atom stereocenters. The Bertz CT molecular complexity index is 1280. The van der Waals surface area contributed by atoms with Crippen molar-refractivity contribution in [2.75, 3.05) is 12.4 Å². The lowest BCUT2D eigenvalue weighted by Gasteiger charge is -2.30. The Kier molecular flexibility index (Phi) is 6.33. The van der Waals surface area contributed by atoms with Crippen LogP contribution in [0.1, 0.15) is 32.1 Å². The fraction of sp³-hybridized carbons (Fsp3) is 0.364. The van der Waals surface area contributed by atoms with Crippen molar-refractivity contribution in [3.8, 4) is 0 Å². The molecular weight excluding hydrogens is 430 g/mol. The standard InChI is InChI=1S/C22H25N5O4S/c1-26(17-7-3-2-4-8-17)32(30,31)18-13-11-16(12-14-18)23-21(28)15-27-22(29)19-9-5-6-10-20(19)24-25-27/h5-6,9-14,17H,2-4,7-8,15H2,1H3,(H,23,28). The molecule has 0 unspecified atom stereocenters. The van der Waals surface area contributed by atoms with Gasteiger partial charge in [0, 0.05) is 18.8 Å². The maximum atomic E-state index is 12.9. The molecule has 32 heavy (non-hydrogen) atoms. The van der Waals surface area contributed by atoms with Gasteiger partial charge in [-0.25, -0.2) is 13.1 Å². The van der Waals surface area contributed by atoms with Crippen molar-refractivity contribution >= 4 is 32.5 Å². The van der Waals surface area contributed by atoms with Crippen molar-refractivity contribution in [3.63, 3.8) is 0 Å². The average molecular weight is 456 g/mol. The third-order valence-electron chi connectivity index (χ3n) is 5.83. The monoisotopic (exact) mass is 455 g/mol. The molecule has 10 heteroatoms. The maximum Gasteiger partial charge on any atom is 0.278 e. The van der Waals surface area contributed by atoms with E-state index in [1.165, 1.54) is 28.6 Å². The molecular formula is C22H25N5O4S. The Morgan fingerprint density at radius 1 is 1.09 bits per heavy atom. The number of fused-ring (bicyclic) bond motifs is 1. The summed E-state index contributed by atoms with van der Waals surface area (Å²) in [6.07, 6.45) is 4.98. The summed E-state index contributed by atoms with van der Waals surface area (Å²) in [6, 6.07) is 12.8. The molecule has 2 aromatic carbocycles. The van der Waals surface area contributed by atoms with Gasteiger partial charge < -0.3 is 5.32 Å². The van der Waals surface area contributed by atoms with Crippen LogP contribution in [-0.4, -0.2) is 46.7 Å². The molecule has 1 N–H and O–H groups in total. The fourth-order valence-electron chi connectivity index (χ4n) is 3.98. The quantitative estimate of drug-likeness (QED) is 0.610. The lowest BCUT2D eigenvalue weighted by Crippen LogP contribution is -2.38. The highest BCUT2D eigenvalue weighted by Gasteiger charge is 2.28. The smallest absolute Gasteiger partial charge is 0.278 e. The van der Waals surface area contributed by atoms with Crippen molar-refractivity contribution in [2.24, 2.45) is 0 Å². The summed E-state index contributed by atoms with van der Waals surface area (Å²) >= 11 is 0. The van der Waals surface area contributed by atoms with Gasteiger partial charge in [0.05, 0.1) is 10.3 Å². The van der Waals surface area contributed by atoms with E-state index >= 15 is 0 Å². The van der Waals surface area contributed by atoms with E-state index in [9.17, 15) is 18.0 Å². The fourth-order valence-corrected chi connectivity index (χ4v) is 5.40. The molecule has 4 rings (SSSR count). The number of benzene rings is 2. The molecule has 0 bridgehead atoms. The molecule has 0 aliphatic heterocycles. The first-order valence-corrected chi connectivity index (χ1v) is 12.0. The van der Waals surface area contributed by atoms with Crippen LogP contribution in [-0.2, 0) is 21.4 Å². The Balaban J connectivity index is 1.44. The third kappa shape index (κ3) is 4.56. The zero-order valence-electron chi connectivity index (χ0n) is 17.8. The van der Waals surface area contributed by atoms with Gasteiger partial charge in [-0.3, -0.25) is 9.59 Å². The number of sulfonamides is 1. The van der Waals surface area contributed by atoms with E-state index in [1.807, 2.05) is 0 Å². The van der Waals surface area contributed by atoms with E-state index in [1.54, 1.807) is 31.3 Å². The zero-order valence-corrected chi connectivity index (χ0v) is 18.6. The number of nitrogens with zero attached hydrogens (tertiary/aromatic N) is 4. The maximum absolute atomic E-state index is 12.9. The largest absolute Gasteiger partial charge is 0.324 e. The topological polar surface area (TPSA) is 114 Å². The van der Waals surface area contributed by atoms with Crippen LogP contribution >= 0.6 is 0 Å². The SMILES string of the molecule is CN(C1CCCCC1)S(=O)(=O)c1ccc(NC(=O)Cn2nnc3ccccc3c2=O)cc1. The highest BCUT2D eigenvalue weighted by atomic mass is 32.2. The summed E-state index contributed by atoms with van der Waals surface area (Å²) < 4.78 is 28.3. The number of rotatable bonds is 6. The highest BCUT2D eigenvalue weighted by Crippen LogP contribution is 2.27. The van der Waals surface area contributed by atoms with E-state index in [0.717, 1.165) is 36.8 Å². The van der Waals surface area contributed by atoms with E-state index in [-0.39, 0.29) is 17.5 Å². The van der Waals surface area contributed by atoms with Gasteiger partial charge in [0.2, 0.25) is 15.9 Å². The number of amides is 1. The van der Waals surface area contributed by atoms with E-state index in [4.69, 9.17) is 0 Å². The minimum Gasteiger partial charge on any atom is -0.324 e. The van der Waals surface area contributed by atoms with Crippen LogP contribution in [0, 0.1) is 0 Å². The molecule has 0 radical (unpaired) electrons. The predicted octanol–water partition coefficient (Wildman–Crippen LogP) is 2.38. The van der Waals surface area contributed by atoms with Crippen LogP contribution in [0.3, 0.4) is 0 Å². The Labute approximate surface area is 186 Å². The normalized spacial score (nSPS) is 15.2. The van der Waals surface area contributed by atoms with Crippen LogP contribution in [0.5, 0.6) is 0 Å². The van der Waals surface area contributed by atoms with Gasteiger partial charge >= 0.3 is 0 Å². The van der Waals surface area contributed by atoms with Gasteiger partial charge in [0.15, 0.2) is 0 Å².